The second-order valence-corrected chi connectivity index (χ2v) is 3.67. The molecule has 0 unspecified atom stereocenters. The Morgan fingerprint density at radius 1 is 1.42 bits per heavy atom. The molecule has 0 spiro atoms. The lowest BCUT2D eigenvalue weighted by Crippen LogP contribution is -2.32. The molecule has 0 N–H and O–H groups in total. The monoisotopic (exact) mass is 189 g/mol. The van der Waals surface area contributed by atoms with E-state index in [0.29, 0.717) is 6.61 Å². The number of ether oxygens (including phenoxy) is 1. The van der Waals surface area contributed by atoms with Crippen LogP contribution in [0.3, 0.4) is 0 Å². The van der Waals surface area contributed by atoms with Gasteiger partial charge in [-0.15, -0.1) is 0 Å². The third-order valence-corrected chi connectivity index (χ3v) is 2.50. The van der Waals surface area contributed by atoms with Crippen molar-refractivity contribution < 1.29 is 9.57 Å². The third-order valence-electron chi connectivity index (χ3n) is 1.56. The summed E-state index contributed by atoms with van der Waals surface area (Å²) in [7, 11) is 1.63. The van der Waals surface area contributed by atoms with Gasteiger partial charge < -0.3 is 4.74 Å². The molecule has 0 aromatic carbocycles. The van der Waals surface area contributed by atoms with Gasteiger partial charge in [-0.25, -0.2) is 0 Å². The molecule has 3 nitrogen and oxygen atoms in total. The van der Waals surface area contributed by atoms with Crippen LogP contribution >= 0.6 is 11.8 Å². The highest BCUT2D eigenvalue weighted by molar-refractivity contribution is 7.99. The molecule has 1 aliphatic rings. The van der Waals surface area contributed by atoms with E-state index in [0.717, 1.165) is 13.1 Å². The molecule has 4 heteroatoms. The van der Waals surface area contributed by atoms with E-state index in [1.807, 2.05) is 22.9 Å². The van der Waals surface area contributed by atoms with Crippen molar-refractivity contribution in [2.75, 3.05) is 38.3 Å². The van der Waals surface area contributed by atoms with E-state index in [1.165, 1.54) is 11.5 Å². The number of hydrogen-bond acceptors (Lipinski definition) is 4. The van der Waals surface area contributed by atoms with Gasteiger partial charge in [-0.2, -0.15) is 16.8 Å². The van der Waals surface area contributed by atoms with Gasteiger partial charge in [0, 0.05) is 24.6 Å². The SMILES string of the molecule is COC=CCON1CCSCC1. The zero-order valence-corrected chi connectivity index (χ0v) is 8.18. The van der Waals surface area contributed by atoms with Crippen molar-refractivity contribution in [3.63, 3.8) is 0 Å². The van der Waals surface area contributed by atoms with Crippen molar-refractivity contribution >= 4 is 11.8 Å². The molecule has 1 aliphatic heterocycles. The first kappa shape index (κ1) is 9.89. The average Bonchev–Trinajstić information content (AvgIpc) is 2.14. The van der Waals surface area contributed by atoms with Gasteiger partial charge in [0.1, 0.15) is 0 Å². The van der Waals surface area contributed by atoms with E-state index >= 15 is 0 Å². The van der Waals surface area contributed by atoms with Gasteiger partial charge in [-0.3, -0.25) is 4.84 Å². The van der Waals surface area contributed by atoms with Gasteiger partial charge in [0.15, 0.2) is 0 Å². The molecule has 0 radical (unpaired) electrons. The van der Waals surface area contributed by atoms with E-state index in [-0.39, 0.29) is 0 Å². The molecule has 12 heavy (non-hydrogen) atoms. The predicted molar refractivity (Wildman–Crippen MR) is 51.0 cm³/mol. The molecular formula is C8H15NO2S. The molecule has 70 valence electrons. The van der Waals surface area contributed by atoms with E-state index in [9.17, 15) is 0 Å². The lowest BCUT2D eigenvalue weighted by molar-refractivity contribution is -0.141. The van der Waals surface area contributed by atoms with Gasteiger partial charge >= 0.3 is 0 Å². The number of rotatable bonds is 4. The summed E-state index contributed by atoms with van der Waals surface area (Å²) in [5.74, 6) is 2.35. The van der Waals surface area contributed by atoms with Crippen LogP contribution in [-0.2, 0) is 9.57 Å². The van der Waals surface area contributed by atoms with Crippen LogP contribution in [0.15, 0.2) is 12.3 Å². The Hall–Kier alpha value is -0.190. The first-order valence-corrected chi connectivity index (χ1v) is 5.22. The maximum absolute atomic E-state index is 5.44. The highest BCUT2D eigenvalue weighted by Crippen LogP contribution is 2.08. The summed E-state index contributed by atoms with van der Waals surface area (Å²) in [6.45, 7) is 2.68. The van der Waals surface area contributed by atoms with Crippen molar-refractivity contribution in [2.24, 2.45) is 0 Å². The summed E-state index contributed by atoms with van der Waals surface area (Å²) >= 11 is 1.98. The van der Waals surface area contributed by atoms with E-state index in [1.54, 1.807) is 13.4 Å². The zero-order chi connectivity index (χ0) is 8.65. The maximum Gasteiger partial charge on any atom is 0.0898 e. The van der Waals surface area contributed by atoms with Crippen LogP contribution < -0.4 is 0 Å². The number of thioether (sulfide) groups is 1. The quantitative estimate of drug-likeness (QED) is 0.618. The van der Waals surface area contributed by atoms with E-state index < -0.39 is 0 Å². The largest absolute Gasteiger partial charge is 0.505 e. The number of methoxy groups -OCH3 is 1. The highest BCUT2D eigenvalue weighted by atomic mass is 32.2. The fourth-order valence-corrected chi connectivity index (χ4v) is 1.83. The summed E-state index contributed by atoms with van der Waals surface area (Å²) in [5, 5.41) is 2.01. The molecule has 0 bridgehead atoms. The summed E-state index contributed by atoms with van der Waals surface area (Å²) in [6.07, 6.45) is 3.50. The van der Waals surface area contributed by atoms with Crippen LogP contribution in [-0.4, -0.2) is 43.4 Å². The normalized spacial score (nSPS) is 20.1. The molecule has 0 amide bonds. The number of nitrogens with zero attached hydrogens (tertiary/aromatic N) is 1. The predicted octanol–water partition coefficient (Wildman–Crippen LogP) is 1.13. The minimum atomic E-state index is 0.610. The Morgan fingerprint density at radius 3 is 2.83 bits per heavy atom. The molecule has 1 fully saturated rings. The van der Waals surface area contributed by atoms with Crippen molar-refractivity contribution in [3.8, 4) is 0 Å². The second-order valence-electron chi connectivity index (χ2n) is 2.44. The molecule has 0 aromatic rings. The molecule has 0 aromatic heterocycles. The Kier molecular flexibility index (Phi) is 5.23. The number of hydrogen-bond donors (Lipinski definition) is 0. The van der Waals surface area contributed by atoms with Crippen molar-refractivity contribution in [1.82, 2.24) is 5.06 Å². The first-order valence-electron chi connectivity index (χ1n) is 4.07. The zero-order valence-electron chi connectivity index (χ0n) is 7.36. The number of hydroxylamine groups is 2. The maximum atomic E-state index is 5.44. The summed E-state index contributed by atoms with van der Waals surface area (Å²) in [4.78, 5) is 5.44. The van der Waals surface area contributed by atoms with Gasteiger partial charge in [-0.1, -0.05) is 0 Å². The smallest absolute Gasteiger partial charge is 0.0898 e. The van der Waals surface area contributed by atoms with Crippen molar-refractivity contribution in [3.05, 3.63) is 12.3 Å². The molecule has 0 aliphatic carbocycles. The van der Waals surface area contributed by atoms with Crippen LogP contribution in [0.5, 0.6) is 0 Å². The third kappa shape index (κ3) is 3.99. The molecule has 1 rings (SSSR count). The molecular weight excluding hydrogens is 174 g/mol. The summed E-state index contributed by atoms with van der Waals surface area (Å²) < 4.78 is 4.75. The van der Waals surface area contributed by atoms with Gasteiger partial charge in [0.25, 0.3) is 0 Å². The second kappa shape index (κ2) is 6.34. The van der Waals surface area contributed by atoms with Crippen LogP contribution in [0.1, 0.15) is 0 Å². The van der Waals surface area contributed by atoms with Crippen LogP contribution in [0, 0.1) is 0 Å². The summed E-state index contributed by atoms with van der Waals surface area (Å²) in [6, 6.07) is 0. The van der Waals surface area contributed by atoms with Gasteiger partial charge in [0.2, 0.25) is 0 Å². The minimum absolute atomic E-state index is 0.610. The Labute approximate surface area is 77.7 Å². The minimum Gasteiger partial charge on any atom is -0.505 e. The Bertz CT molecular complexity index is 135. The topological polar surface area (TPSA) is 21.7 Å². The lowest BCUT2D eigenvalue weighted by Gasteiger charge is -2.24. The van der Waals surface area contributed by atoms with Crippen molar-refractivity contribution in [2.45, 2.75) is 0 Å². The average molecular weight is 189 g/mol. The molecule has 0 saturated carbocycles. The van der Waals surface area contributed by atoms with Crippen LogP contribution in [0.4, 0.5) is 0 Å². The Balaban J connectivity index is 2.01. The van der Waals surface area contributed by atoms with E-state index in [4.69, 9.17) is 9.57 Å². The van der Waals surface area contributed by atoms with Gasteiger partial charge in [-0.05, 0) is 6.08 Å². The fourth-order valence-electron chi connectivity index (χ4n) is 0.960. The Morgan fingerprint density at radius 2 is 2.17 bits per heavy atom. The van der Waals surface area contributed by atoms with E-state index in [2.05, 4.69) is 0 Å². The standard InChI is InChI=1S/C8H15NO2S/c1-10-5-2-6-11-9-3-7-12-8-4-9/h2,5H,3-4,6-8H2,1H3. The van der Waals surface area contributed by atoms with Crippen molar-refractivity contribution in [1.29, 1.82) is 0 Å². The summed E-state index contributed by atoms with van der Waals surface area (Å²) in [5.41, 5.74) is 0. The lowest BCUT2D eigenvalue weighted by atomic mass is 10.6. The molecule has 0 atom stereocenters. The van der Waals surface area contributed by atoms with Crippen LogP contribution in [0.2, 0.25) is 0 Å². The molecule has 1 heterocycles. The highest BCUT2D eigenvalue weighted by Gasteiger charge is 2.09. The molecule has 1 saturated heterocycles. The fraction of sp³-hybridized carbons (Fsp3) is 0.750. The first-order chi connectivity index (χ1) is 5.93. The van der Waals surface area contributed by atoms with Crippen LogP contribution in [0.25, 0.3) is 0 Å². The van der Waals surface area contributed by atoms with Gasteiger partial charge in [0.05, 0.1) is 20.0 Å².